The summed E-state index contributed by atoms with van der Waals surface area (Å²) < 4.78 is 81.9. The van der Waals surface area contributed by atoms with Crippen molar-refractivity contribution in [1.29, 1.82) is 0 Å². The summed E-state index contributed by atoms with van der Waals surface area (Å²) in [5, 5.41) is 194. The Morgan fingerprint density at radius 3 is 1.48 bits per heavy atom. The molecule has 6 saturated heterocycles. The second-order valence-electron chi connectivity index (χ2n) is 22.5. The Morgan fingerprint density at radius 2 is 0.943 bits per heavy atom. The van der Waals surface area contributed by atoms with Crippen LogP contribution in [0.5, 0.6) is 0 Å². The van der Waals surface area contributed by atoms with Gasteiger partial charge in [-0.2, -0.15) is 0 Å². The van der Waals surface area contributed by atoms with E-state index >= 15 is 0 Å². The number of aliphatic hydroxyl groups excluding tert-OH is 17. The lowest BCUT2D eigenvalue weighted by Gasteiger charge is -2.50. The first kappa shape index (κ1) is 74.2. The molecule has 34 atom stereocenters. The molecule has 30 unspecified atom stereocenters. The third-order valence-electron chi connectivity index (χ3n) is 16.0. The van der Waals surface area contributed by atoms with Crippen LogP contribution in [0.4, 0.5) is 0 Å². The van der Waals surface area contributed by atoms with Crippen LogP contribution in [0.2, 0.25) is 0 Å². The fourth-order valence-corrected chi connectivity index (χ4v) is 11.2. The Morgan fingerprint density at radius 1 is 0.489 bits per heavy atom. The first-order chi connectivity index (χ1) is 41.6. The van der Waals surface area contributed by atoms with E-state index < -0.39 is 266 Å². The molecule has 0 bridgehead atoms. The van der Waals surface area contributed by atoms with Crippen molar-refractivity contribution in [2.75, 3.05) is 60.5 Å². The average molecular weight is 1290 g/mol. The zero-order chi connectivity index (χ0) is 65.3. The molecular weight excluding hydrogens is 1200 g/mol. The third kappa shape index (κ3) is 17.3. The van der Waals surface area contributed by atoms with Crippen molar-refractivity contribution in [1.82, 2.24) is 16.0 Å². The molecule has 0 aromatic heterocycles. The van der Waals surface area contributed by atoms with Gasteiger partial charge < -0.3 is 169 Å². The van der Waals surface area contributed by atoms with Crippen LogP contribution in [0.3, 0.4) is 0 Å². The third-order valence-corrected chi connectivity index (χ3v) is 16.0. The summed E-state index contributed by atoms with van der Waals surface area (Å²) in [5.41, 5.74) is 0. The van der Waals surface area contributed by atoms with Crippen molar-refractivity contribution < 1.29 is 168 Å². The Balaban J connectivity index is 1.28. The average Bonchev–Trinajstić information content (AvgIpc) is 1.18. The molecule has 0 radical (unpaired) electrons. The van der Waals surface area contributed by atoms with E-state index in [9.17, 15) is 101 Å². The van der Waals surface area contributed by atoms with Crippen LogP contribution < -0.4 is 16.0 Å². The van der Waals surface area contributed by atoms with Crippen molar-refractivity contribution in [2.24, 2.45) is 5.92 Å². The molecule has 6 rings (SSSR count). The molecule has 37 nitrogen and oxygen atoms in total. The number of hydrogen-bond acceptors (Lipinski definition) is 34. The molecule has 0 spiro atoms. The Bertz CT molecular complexity index is 2150. The quantitative estimate of drug-likeness (QED) is 0.0340. The van der Waals surface area contributed by atoms with Gasteiger partial charge in [-0.15, -0.1) is 0 Å². The summed E-state index contributed by atoms with van der Waals surface area (Å²) in [7, 11) is 2.26. The molecule has 0 saturated carbocycles. The van der Waals surface area contributed by atoms with E-state index in [0.29, 0.717) is 0 Å². The lowest BCUT2D eigenvalue weighted by Crippen LogP contribution is -2.70. The highest BCUT2D eigenvalue weighted by Gasteiger charge is 2.58. The number of amides is 3. The SMILES string of the molecule is COCC(C)C(O)C(O[C@H]1O[C@@H](CO)C(O)C(O)C1OC1OC(CO)C(OC2OC(CO)C(O)C(O)C2O)C(O)C1NC(C)=O)C(O)C(OC)OC1C(CO)OC(OC2C(CO[C@@H]3OC[C@@H](O)C(O)C3O)OC(C)C(NC(C)=O)C2O)C(NC(C)=O)C1O. The molecule has 0 aromatic rings. The maximum Gasteiger partial charge on any atom is 0.217 e. The number of aliphatic hydroxyl groups is 17. The van der Waals surface area contributed by atoms with Crippen molar-refractivity contribution in [3.8, 4) is 0 Å². The minimum atomic E-state index is -2.31. The van der Waals surface area contributed by atoms with E-state index in [1.54, 1.807) is 0 Å². The van der Waals surface area contributed by atoms with Crippen LogP contribution in [0.25, 0.3) is 0 Å². The summed E-state index contributed by atoms with van der Waals surface area (Å²) in [6.07, 6.45) is -55.0. The van der Waals surface area contributed by atoms with E-state index in [-0.39, 0.29) is 6.61 Å². The van der Waals surface area contributed by atoms with Crippen molar-refractivity contribution >= 4 is 17.7 Å². The maximum absolute atomic E-state index is 12.9. The summed E-state index contributed by atoms with van der Waals surface area (Å²) in [5.74, 6) is -3.28. The second kappa shape index (κ2) is 33.3. The fraction of sp³-hybridized carbons (Fsp3) is 0.941. The predicted octanol–water partition coefficient (Wildman–Crippen LogP) is -12.6. The van der Waals surface area contributed by atoms with Gasteiger partial charge in [-0.3, -0.25) is 14.4 Å². The molecule has 0 aromatic carbocycles. The Kier molecular flexibility index (Phi) is 28.1. The minimum Gasteiger partial charge on any atom is -0.394 e. The summed E-state index contributed by atoms with van der Waals surface area (Å²) in [6, 6.07) is -4.72. The second-order valence-corrected chi connectivity index (χ2v) is 22.5. The van der Waals surface area contributed by atoms with Gasteiger partial charge in [0.25, 0.3) is 0 Å². The van der Waals surface area contributed by atoms with Crippen molar-refractivity contribution in [2.45, 2.75) is 237 Å². The molecule has 6 aliphatic rings. The highest BCUT2D eigenvalue weighted by atomic mass is 16.8. The number of carbonyl (C=O) groups is 3. The van der Waals surface area contributed by atoms with E-state index in [1.165, 1.54) is 21.0 Å². The van der Waals surface area contributed by atoms with Gasteiger partial charge in [-0.25, -0.2) is 0 Å². The predicted molar refractivity (Wildman–Crippen MR) is 280 cm³/mol. The van der Waals surface area contributed by atoms with Crippen LogP contribution in [-0.4, -0.2) is 367 Å². The van der Waals surface area contributed by atoms with Crippen LogP contribution in [0.15, 0.2) is 0 Å². The van der Waals surface area contributed by atoms with Gasteiger partial charge in [0.15, 0.2) is 37.7 Å². The van der Waals surface area contributed by atoms with Gasteiger partial charge in [-0.05, 0) is 6.92 Å². The molecule has 6 fully saturated rings. The summed E-state index contributed by atoms with van der Waals surface area (Å²) in [4.78, 5) is 37.9. The monoisotopic (exact) mass is 1290 g/mol. The normalized spacial score (nSPS) is 44.2. The van der Waals surface area contributed by atoms with Crippen molar-refractivity contribution in [3.05, 3.63) is 0 Å². The van der Waals surface area contributed by atoms with Gasteiger partial charge in [0.2, 0.25) is 17.7 Å². The minimum absolute atomic E-state index is 0.247. The standard InChI is InChI=1S/C51H89N3O34/c1-15(12-75-6)29(63)44(87-51-45(37(71)32(66)22(9-56)81-51)88-47-28(54-19(5)61)35(69)42(24(11-58)83-47)86-50-39(73)36(70)31(65)21(8-55)80-50)40(74)48(76-7)85-41-23(10-57)82-46(27(34(41)68)53-18(4)60)84-43-25(79-16(2)26(33(43)67)52-17(3)59)14-78-49-38(72)30(64)20(62)13-77-49/h15-16,20-51,55-58,62-74H,8-14H2,1-7H3,(H,52,59)(H,53,60)(H,54,61)/t15?,16?,20-,21?,22+,23?,24?,25?,26?,27?,28?,29?,30?,31?,32?,33?,34?,35?,36?,37?,38?,39?,40?,41?,42?,43?,44?,45?,46?,47?,48?,49+,50?,51-/m1/s1. The molecule has 6 heterocycles. The number of ether oxygens (including phenoxy) is 14. The van der Waals surface area contributed by atoms with Crippen LogP contribution in [0.1, 0.15) is 34.6 Å². The largest absolute Gasteiger partial charge is 0.394 e. The molecule has 88 heavy (non-hydrogen) atoms. The van der Waals surface area contributed by atoms with E-state index in [0.717, 1.165) is 27.9 Å². The Labute approximate surface area is 503 Å². The molecule has 3 amide bonds. The Hall–Kier alpha value is -2.83. The number of carbonyl (C=O) groups excluding carboxylic acids is 3. The zero-order valence-electron chi connectivity index (χ0n) is 49.1. The highest BCUT2D eigenvalue weighted by molar-refractivity contribution is 5.74. The molecule has 512 valence electrons. The van der Waals surface area contributed by atoms with E-state index in [2.05, 4.69) is 16.0 Å². The topological polar surface area (TPSA) is 560 Å². The van der Waals surface area contributed by atoms with Gasteiger partial charge >= 0.3 is 0 Å². The van der Waals surface area contributed by atoms with Gasteiger partial charge in [0.05, 0.1) is 64.5 Å². The lowest BCUT2D eigenvalue weighted by atomic mass is 9.92. The van der Waals surface area contributed by atoms with Crippen LogP contribution in [0, 0.1) is 5.92 Å². The van der Waals surface area contributed by atoms with Crippen molar-refractivity contribution in [3.63, 3.8) is 0 Å². The maximum atomic E-state index is 12.9. The number of rotatable bonds is 27. The van der Waals surface area contributed by atoms with Crippen LogP contribution in [-0.2, 0) is 80.7 Å². The van der Waals surface area contributed by atoms with Gasteiger partial charge in [0, 0.05) is 40.9 Å². The van der Waals surface area contributed by atoms with Gasteiger partial charge in [0.1, 0.15) is 146 Å². The van der Waals surface area contributed by atoms with Crippen LogP contribution >= 0.6 is 0 Å². The lowest BCUT2D eigenvalue weighted by molar-refractivity contribution is -0.383. The van der Waals surface area contributed by atoms with Gasteiger partial charge in [-0.1, -0.05) is 6.92 Å². The number of hydrogen-bond donors (Lipinski definition) is 20. The fourth-order valence-electron chi connectivity index (χ4n) is 11.2. The molecule has 20 N–H and O–H groups in total. The van der Waals surface area contributed by atoms with E-state index in [4.69, 9.17) is 66.3 Å². The summed E-state index contributed by atoms with van der Waals surface area (Å²) in [6.45, 7) is 0.924. The number of methoxy groups -OCH3 is 2. The molecular formula is C51H89N3O34. The van der Waals surface area contributed by atoms with E-state index in [1.807, 2.05) is 0 Å². The first-order valence-electron chi connectivity index (χ1n) is 28.5. The smallest absolute Gasteiger partial charge is 0.217 e. The molecule has 0 aliphatic carbocycles. The first-order valence-corrected chi connectivity index (χ1v) is 28.5. The summed E-state index contributed by atoms with van der Waals surface area (Å²) >= 11 is 0. The highest BCUT2D eigenvalue weighted by Crippen LogP contribution is 2.37. The number of nitrogens with one attached hydrogen (secondary N) is 3. The molecule has 37 heteroatoms. The molecule has 6 aliphatic heterocycles. The zero-order valence-corrected chi connectivity index (χ0v) is 49.1.